The van der Waals surface area contributed by atoms with Crippen LogP contribution in [0.25, 0.3) is 0 Å². The summed E-state index contributed by atoms with van der Waals surface area (Å²) in [5, 5.41) is 0. The van der Waals surface area contributed by atoms with E-state index in [0.29, 0.717) is 5.92 Å². The molecule has 0 spiro atoms. The summed E-state index contributed by atoms with van der Waals surface area (Å²) in [7, 11) is 0. The van der Waals surface area contributed by atoms with Gasteiger partial charge in [-0.05, 0) is 43.2 Å². The molecule has 0 unspecified atom stereocenters. The first kappa shape index (κ1) is 19.3. The van der Waals surface area contributed by atoms with Crippen LogP contribution in [0.2, 0.25) is 0 Å². The predicted octanol–water partition coefficient (Wildman–Crippen LogP) is 4.02. The fraction of sp³-hybridized carbons (Fsp3) is 0.444. The lowest BCUT2D eigenvalue weighted by Gasteiger charge is -2.16. The van der Waals surface area contributed by atoms with Crippen molar-refractivity contribution in [2.45, 2.75) is 48.1 Å². The Bertz CT molecular complexity index is 442. The molecule has 118 valence electrons. The van der Waals surface area contributed by atoms with Gasteiger partial charge in [-0.1, -0.05) is 57.5 Å². The second-order valence-corrected chi connectivity index (χ2v) is 5.13. The molecule has 0 saturated heterocycles. The van der Waals surface area contributed by atoms with Gasteiger partial charge >= 0.3 is 0 Å². The Balaban J connectivity index is 0.00000191. The van der Waals surface area contributed by atoms with Gasteiger partial charge in [-0.2, -0.15) is 0 Å². The first-order valence-corrected chi connectivity index (χ1v) is 7.67. The van der Waals surface area contributed by atoms with Gasteiger partial charge in [0.2, 0.25) is 0 Å². The third-order valence-corrected chi connectivity index (χ3v) is 2.91. The lowest BCUT2D eigenvalue weighted by molar-refractivity contribution is 0.542. The van der Waals surface area contributed by atoms with E-state index in [1.54, 1.807) is 6.20 Å². The Morgan fingerprint density at radius 3 is 2.24 bits per heavy atom. The van der Waals surface area contributed by atoms with E-state index >= 15 is 0 Å². The molecule has 3 heteroatoms. The van der Waals surface area contributed by atoms with Gasteiger partial charge in [-0.15, -0.1) is 0 Å². The minimum absolute atomic E-state index is 0.417. The lowest BCUT2D eigenvalue weighted by atomic mass is 10.1. The number of allylic oxidation sites excluding steroid dienone is 3. The summed E-state index contributed by atoms with van der Waals surface area (Å²) in [5.41, 5.74) is 16.7. The molecule has 3 nitrogen and oxygen atoms in total. The highest BCUT2D eigenvalue weighted by molar-refractivity contribution is 5.22. The second-order valence-electron chi connectivity index (χ2n) is 5.13. The summed E-state index contributed by atoms with van der Waals surface area (Å²) in [4.78, 5) is 0. The van der Waals surface area contributed by atoms with Crippen LogP contribution in [0.1, 0.15) is 45.7 Å². The van der Waals surface area contributed by atoms with E-state index in [1.807, 2.05) is 20.8 Å². The lowest BCUT2D eigenvalue weighted by Crippen LogP contribution is -2.32. The van der Waals surface area contributed by atoms with Crippen molar-refractivity contribution in [2.24, 2.45) is 11.7 Å². The second kappa shape index (κ2) is 11.0. The summed E-state index contributed by atoms with van der Waals surface area (Å²) in [6.45, 7) is 13.2. The number of benzene rings is 1. The Hall–Kier alpha value is -1.74. The molecular weight excluding hydrogens is 258 g/mol. The molecule has 1 aromatic carbocycles. The maximum Gasteiger partial charge on any atom is 0.0398 e. The summed E-state index contributed by atoms with van der Waals surface area (Å²) in [5.74, 6) is 0.417. The van der Waals surface area contributed by atoms with Crippen molar-refractivity contribution in [3.05, 3.63) is 58.9 Å². The van der Waals surface area contributed by atoms with Crippen LogP contribution < -0.4 is 16.6 Å². The first-order valence-electron chi connectivity index (χ1n) is 7.67. The number of hydrogen-bond donors (Lipinski definition) is 3. The van der Waals surface area contributed by atoms with Crippen LogP contribution in [-0.4, -0.2) is 0 Å². The van der Waals surface area contributed by atoms with Crippen molar-refractivity contribution < 1.29 is 0 Å². The predicted molar refractivity (Wildman–Crippen MR) is 93.4 cm³/mol. The number of nitrogens with two attached hydrogens (primary N) is 1. The molecule has 4 N–H and O–H groups in total. The molecule has 0 saturated carbocycles. The molecule has 0 amide bonds. The van der Waals surface area contributed by atoms with Crippen molar-refractivity contribution >= 4 is 0 Å². The quantitative estimate of drug-likeness (QED) is 0.547. The minimum Gasteiger partial charge on any atom is -0.404 e. The summed E-state index contributed by atoms with van der Waals surface area (Å²) >= 11 is 0. The number of aryl methyl sites for hydroxylation is 1. The maximum atomic E-state index is 5.50. The van der Waals surface area contributed by atoms with E-state index in [0.717, 1.165) is 17.8 Å². The normalized spacial score (nSPS) is 12.0. The number of rotatable bonds is 6. The maximum absolute atomic E-state index is 5.50. The molecule has 21 heavy (non-hydrogen) atoms. The Labute approximate surface area is 130 Å². The third-order valence-electron chi connectivity index (χ3n) is 2.91. The molecule has 0 aliphatic heterocycles. The SMILES string of the molecule is CC.CC(=C/N)/C=C(\NNCc1ccc(C)cc1)C(C)C. The molecule has 0 aromatic heterocycles. The smallest absolute Gasteiger partial charge is 0.0398 e. The summed E-state index contributed by atoms with van der Waals surface area (Å²) in [6, 6.07) is 8.51. The van der Waals surface area contributed by atoms with Crippen molar-refractivity contribution in [3.63, 3.8) is 0 Å². The molecular formula is C18H31N3. The first-order chi connectivity index (χ1) is 10.0. The van der Waals surface area contributed by atoms with E-state index in [9.17, 15) is 0 Å². The Kier molecular flexibility index (Phi) is 10.1. The van der Waals surface area contributed by atoms with E-state index < -0.39 is 0 Å². The van der Waals surface area contributed by atoms with Crippen LogP contribution in [-0.2, 0) is 6.54 Å². The van der Waals surface area contributed by atoms with Crippen LogP contribution in [0.5, 0.6) is 0 Å². The molecule has 1 rings (SSSR count). The average molecular weight is 289 g/mol. The minimum atomic E-state index is 0.417. The van der Waals surface area contributed by atoms with Gasteiger partial charge in [0.15, 0.2) is 0 Å². The van der Waals surface area contributed by atoms with Crippen LogP contribution in [0.4, 0.5) is 0 Å². The molecule has 0 aliphatic carbocycles. The van der Waals surface area contributed by atoms with Crippen molar-refractivity contribution in [1.29, 1.82) is 0 Å². The molecule has 1 aromatic rings. The zero-order chi connectivity index (χ0) is 16.3. The van der Waals surface area contributed by atoms with Crippen LogP contribution in [0, 0.1) is 12.8 Å². The Morgan fingerprint density at radius 1 is 1.19 bits per heavy atom. The molecule has 0 radical (unpaired) electrons. The molecule has 0 aliphatic rings. The van der Waals surface area contributed by atoms with Crippen molar-refractivity contribution in [3.8, 4) is 0 Å². The third kappa shape index (κ3) is 8.20. The van der Waals surface area contributed by atoms with Crippen LogP contribution >= 0.6 is 0 Å². The van der Waals surface area contributed by atoms with Gasteiger partial charge in [0.1, 0.15) is 0 Å². The molecule has 0 bridgehead atoms. The summed E-state index contributed by atoms with van der Waals surface area (Å²) in [6.07, 6.45) is 3.68. The largest absolute Gasteiger partial charge is 0.404 e. The van der Waals surface area contributed by atoms with Crippen molar-refractivity contribution in [2.75, 3.05) is 0 Å². The van der Waals surface area contributed by atoms with Gasteiger partial charge in [0, 0.05) is 12.2 Å². The van der Waals surface area contributed by atoms with Crippen LogP contribution in [0.3, 0.4) is 0 Å². The standard InChI is InChI=1S/C16H25N3.C2H6/c1-12(2)16(9-14(4)10-17)19-18-11-15-7-5-13(3)6-8-15;1-2/h5-10,12,18-19H,11,17H2,1-4H3;1-2H3/b14-10-,16-9-;. The highest BCUT2D eigenvalue weighted by Crippen LogP contribution is 2.08. The van der Waals surface area contributed by atoms with Crippen LogP contribution in [0.15, 0.2) is 47.8 Å². The van der Waals surface area contributed by atoms with Gasteiger partial charge in [0.05, 0.1) is 0 Å². The van der Waals surface area contributed by atoms with Gasteiger partial charge in [0.25, 0.3) is 0 Å². The average Bonchev–Trinajstić information content (AvgIpc) is 2.49. The monoisotopic (exact) mass is 289 g/mol. The van der Waals surface area contributed by atoms with E-state index in [4.69, 9.17) is 5.73 Å². The molecule has 0 fully saturated rings. The topological polar surface area (TPSA) is 50.1 Å². The Morgan fingerprint density at radius 2 is 1.76 bits per heavy atom. The van der Waals surface area contributed by atoms with E-state index in [-0.39, 0.29) is 0 Å². The van der Waals surface area contributed by atoms with E-state index in [1.165, 1.54) is 11.1 Å². The zero-order valence-electron chi connectivity index (χ0n) is 14.3. The highest BCUT2D eigenvalue weighted by Gasteiger charge is 2.02. The molecule has 0 heterocycles. The van der Waals surface area contributed by atoms with E-state index in [2.05, 4.69) is 62.0 Å². The zero-order valence-corrected chi connectivity index (χ0v) is 14.3. The van der Waals surface area contributed by atoms with Gasteiger partial charge in [-0.25, -0.2) is 5.43 Å². The molecule has 0 atom stereocenters. The number of hydrazine groups is 1. The van der Waals surface area contributed by atoms with Gasteiger partial charge < -0.3 is 11.2 Å². The fourth-order valence-corrected chi connectivity index (χ4v) is 1.59. The van der Waals surface area contributed by atoms with Crippen molar-refractivity contribution in [1.82, 2.24) is 10.9 Å². The highest BCUT2D eigenvalue weighted by atomic mass is 15.4. The van der Waals surface area contributed by atoms with Gasteiger partial charge in [-0.3, -0.25) is 0 Å². The number of hydrogen-bond acceptors (Lipinski definition) is 3. The number of nitrogens with one attached hydrogen (secondary N) is 2. The fourth-order valence-electron chi connectivity index (χ4n) is 1.59. The summed E-state index contributed by atoms with van der Waals surface area (Å²) < 4.78 is 0.